The fraction of sp³-hybridized carbons (Fsp3) is 0.818. The summed E-state index contributed by atoms with van der Waals surface area (Å²) in [5.41, 5.74) is 5.64. The summed E-state index contributed by atoms with van der Waals surface area (Å²) in [6, 6.07) is 1.49. The van der Waals surface area contributed by atoms with Crippen LogP contribution in [0.2, 0.25) is 0 Å². The van der Waals surface area contributed by atoms with Crippen LogP contribution in [-0.4, -0.2) is 59.4 Å². The molecule has 32 heavy (non-hydrogen) atoms. The van der Waals surface area contributed by atoms with Gasteiger partial charge in [0.15, 0.2) is 5.69 Å². The van der Waals surface area contributed by atoms with Gasteiger partial charge >= 0.3 is 0 Å². The van der Waals surface area contributed by atoms with Crippen LogP contribution in [0.3, 0.4) is 0 Å². The highest BCUT2D eigenvalue weighted by molar-refractivity contribution is 7.89. The van der Waals surface area contributed by atoms with Gasteiger partial charge in [-0.25, -0.2) is 12.8 Å². The number of halogens is 1. The summed E-state index contributed by atoms with van der Waals surface area (Å²) in [4.78, 5) is 12.7. The van der Waals surface area contributed by atoms with Gasteiger partial charge in [0.25, 0.3) is 5.91 Å². The summed E-state index contributed by atoms with van der Waals surface area (Å²) in [5, 5.41) is 6.82. The molecule has 0 aromatic carbocycles. The van der Waals surface area contributed by atoms with Crippen LogP contribution < -0.4 is 11.1 Å². The molecule has 4 fully saturated rings. The molecular formula is C22H33FN4O4S. The van der Waals surface area contributed by atoms with Gasteiger partial charge in [0.1, 0.15) is 11.9 Å². The number of piperidine rings is 1. The Morgan fingerprint density at radius 2 is 2.03 bits per heavy atom. The van der Waals surface area contributed by atoms with E-state index in [1.807, 2.05) is 6.92 Å². The molecule has 1 amide bonds. The Kier molecular flexibility index (Phi) is 5.61. The number of nitrogens with one attached hydrogen (secondary N) is 1. The topological polar surface area (TPSA) is 119 Å². The number of hydrogen-bond acceptors (Lipinski definition) is 6. The van der Waals surface area contributed by atoms with Crippen LogP contribution in [0.15, 0.2) is 10.6 Å². The largest absolute Gasteiger partial charge is 0.360 e. The maximum Gasteiger partial charge on any atom is 0.273 e. The van der Waals surface area contributed by atoms with E-state index in [9.17, 15) is 17.6 Å². The molecule has 2 saturated carbocycles. The summed E-state index contributed by atoms with van der Waals surface area (Å²) in [6.07, 6.45) is 5.81. The zero-order chi connectivity index (χ0) is 22.7. The predicted octanol–water partition coefficient (Wildman–Crippen LogP) is 2.46. The number of carbonyl (C=O) groups excluding carboxylic acids is 1. The molecule has 0 radical (unpaired) electrons. The van der Waals surface area contributed by atoms with E-state index in [1.165, 1.54) is 6.07 Å². The third-order valence-electron chi connectivity index (χ3n) is 7.93. The molecule has 2 aliphatic carbocycles. The Balaban J connectivity index is 1.23. The number of sulfonamides is 1. The fourth-order valence-electron chi connectivity index (χ4n) is 6.19. The molecule has 8 nitrogen and oxygen atoms in total. The van der Waals surface area contributed by atoms with E-state index < -0.39 is 21.7 Å². The molecule has 4 aliphatic rings. The molecular weight excluding hydrogens is 435 g/mol. The summed E-state index contributed by atoms with van der Waals surface area (Å²) < 4.78 is 46.9. The molecule has 1 aromatic heterocycles. The lowest BCUT2D eigenvalue weighted by Crippen LogP contribution is -2.58. The standard InChI is InChI=1S/C22H33FN4O4S/c1-22-7-6-16(27(22)32(29,30)12-13-2-4-14(24)5-3-13)8-15(11-22)25-21(28)19-10-20(31-26-19)17-9-18(17)23/h10,13-18H,2-9,11-12,24H2,1H3,(H,25,28)/t13?,14?,15-,16+,17-,18-,22-/m0/s1. The minimum Gasteiger partial charge on any atom is -0.360 e. The van der Waals surface area contributed by atoms with Gasteiger partial charge < -0.3 is 15.6 Å². The second-order valence-electron chi connectivity index (χ2n) is 10.6. The minimum absolute atomic E-state index is 0.0958. The van der Waals surface area contributed by atoms with Crippen molar-refractivity contribution in [1.82, 2.24) is 14.8 Å². The maximum atomic E-state index is 13.4. The van der Waals surface area contributed by atoms with Crippen LogP contribution >= 0.6 is 0 Å². The van der Waals surface area contributed by atoms with E-state index in [0.717, 1.165) is 38.5 Å². The molecule has 3 heterocycles. The second kappa shape index (κ2) is 8.06. The smallest absolute Gasteiger partial charge is 0.273 e. The van der Waals surface area contributed by atoms with Gasteiger partial charge in [-0.2, -0.15) is 4.31 Å². The van der Waals surface area contributed by atoms with Gasteiger partial charge in [-0.1, -0.05) is 5.16 Å². The fourth-order valence-corrected chi connectivity index (χ4v) is 8.76. The molecule has 5 rings (SSSR count). The highest BCUT2D eigenvalue weighted by atomic mass is 32.2. The number of hydrogen-bond donors (Lipinski definition) is 2. The first-order valence-electron chi connectivity index (χ1n) is 11.8. The van der Waals surface area contributed by atoms with Crippen molar-refractivity contribution in [2.24, 2.45) is 11.7 Å². The number of alkyl halides is 1. The van der Waals surface area contributed by atoms with Crippen LogP contribution in [0.5, 0.6) is 0 Å². The number of amides is 1. The summed E-state index contributed by atoms with van der Waals surface area (Å²) in [6.45, 7) is 2.00. The van der Waals surface area contributed by atoms with Crippen molar-refractivity contribution in [3.8, 4) is 0 Å². The minimum atomic E-state index is -3.39. The zero-order valence-electron chi connectivity index (χ0n) is 18.5. The van der Waals surface area contributed by atoms with Gasteiger partial charge in [0.05, 0.1) is 11.7 Å². The molecule has 10 heteroatoms. The molecule has 3 N–H and O–H groups in total. The molecule has 1 aromatic rings. The van der Waals surface area contributed by atoms with E-state index in [4.69, 9.17) is 10.3 Å². The highest BCUT2D eigenvalue weighted by Gasteiger charge is 2.54. The quantitative estimate of drug-likeness (QED) is 0.662. The summed E-state index contributed by atoms with van der Waals surface area (Å²) in [5.74, 6) is 0.156. The van der Waals surface area contributed by atoms with Crippen molar-refractivity contribution >= 4 is 15.9 Å². The second-order valence-corrected chi connectivity index (χ2v) is 12.5. The SMILES string of the molecule is C[C@]12CC[C@H](C[C@H](NC(=O)c3cc([C@H]4C[C@@H]4F)on3)C1)N2S(=O)(=O)CC1CCC(N)CC1. The van der Waals surface area contributed by atoms with Gasteiger partial charge in [-0.3, -0.25) is 4.79 Å². The first-order chi connectivity index (χ1) is 15.1. The molecule has 0 spiro atoms. The van der Waals surface area contributed by atoms with Gasteiger partial charge in [0.2, 0.25) is 10.0 Å². The van der Waals surface area contributed by atoms with Crippen molar-refractivity contribution in [3.63, 3.8) is 0 Å². The lowest BCUT2D eigenvalue weighted by atomic mass is 9.88. The van der Waals surface area contributed by atoms with E-state index in [1.54, 1.807) is 4.31 Å². The molecule has 2 aliphatic heterocycles. The molecule has 2 saturated heterocycles. The zero-order valence-corrected chi connectivity index (χ0v) is 19.3. The summed E-state index contributed by atoms with van der Waals surface area (Å²) >= 11 is 0. The number of nitrogens with zero attached hydrogens (tertiary/aromatic N) is 2. The lowest BCUT2D eigenvalue weighted by molar-refractivity contribution is 0.0855. The molecule has 0 unspecified atom stereocenters. The monoisotopic (exact) mass is 468 g/mol. The number of aromatic nitrogens is 1. The highest BCUT2D eigenvalue weighted by Crippen LogP contribution is 2.47. The lowest BCUT2D eigenvalue weighted by Gasteiger charge is -2.45. The van der Waals surface area contributed by atoms with E-state index in [2.05, 4.69) is 10.5 Å². The maximum absolute atomic E-state index is 13.4. The van der Waals surface area contributed by atoms with Crippen molar-refractivity contribution < 1.29 is 22.1 Å². The first-order valence-corrected chi connectivity index (χ1v) is 13.4. The van der Waals surface area contributed by atoms with Crippen molar-refractivity contribution in [2.75, 3.05) is 5.75 Å². The number of fused-ring (bicyclic) bond motifs is 2. The van der Waals surface area contributed by atoms with E-state index in [-0.39, 0.29) is 47.3 Å². The van der Waals surface area contributed by atoms with Crippen LogP contribution in [0.4, 0.5) is 4.39 Å². The van der Waals surface area contributed by atoms with Gasteiger partial charge in [0, 0.05) is 29.7 Å². The average Bonchev–Trinajstić information content (AvgIpc) is 3.16. The van der Waals surface area contributed by atoms with E-state index >= 15 is 0 Å². The average molecular weight is 469 g/mol. The van der Waals surface area contributed by atoms with Crippen LogP contribution in [0.1, 0.15) is 86.9 Å². The Morgan fingerprint density at radius 1 is 1.31 bits per heavy atom. The van der Waals surface area contributed by atoms with Crippen molar-refractivity contribution in [3.05, 3.63) is 17.5 Å². The Bertz CT molecular complexity index is 976. The summed E-state index contributed by atoms with van der Waals surface area (Å²) in [7, 11) is -3.39. The Labute approximate surface area is 188 Å². The van der Waals surface area contributed by atoms with E-state index in [0.29, 0.717) is 25.0 Å². The van der Waals surface area contributed by atoms with Crippen LogP contribution in [0.25, 0.3) is 0 Å². The van der Waals surface area contributed by atoms with Crippen molar-refractivity contribution in [1.29, 1.82) is 0 Å². The first kappa shape index (κ1) is 22.3. The van der Waals surface area contributed by atoms with Crippen molar-refractivity contribution in [2.45, 2.75) is 100 Å². The number of carbonyl (C=O) groups is 1. The number of nitrogens with two attached hydrogens (primary N) is 1. The third kappa shape index (κ3) is 4.21. The van der Waals surface area contributed by atoms with Gasteiger partial charge in [-0.05, 0) is 70.6 Å². The molecule has 5 atom stereocenters. The van der Waals surface area contributed by atoms with Crippen LogP contribution in [-0.2, 0) is 10.0 Å². The third-order valence-corrected chi connectivity index (χ3v) is 10.2. The Morgan fingerprint density at radius 3 is 2.69 bits per heavy atom. The van der Waals surface area contributed by atoms with Gasteiger partial charge in [-0.15, -0.1) is 0 Å². The predicted molar refractivity (Wildman–Crippen MR) is 116 cm³/mol. The number of rotatable bonds is 6. The normalized spacial score (nSPS) is 39.7. The van der Waals surface area contributed by atoms with Crippen LogP contribution in [0, 0.1) is 5.92 Å². The Hall–Kier alpha value is -1.52. The molecule has 2 bridgehead atoms. The molecule has 178 valence electrons.